The van der Waals surface area contributed by atoms with Crippen molar-refractivity contribution in [2.45, 2.75) is 153 Å². The molecule has 0 aliphatic carbocycles. The van der Waals surface area contributed by atoms with Gasteiger partial charge in [0.1, 0.15) is 24.4 Å². The van der Waals surface area contributed by atoms with Crippen molar-refractivity contribution >= 4 is 5.91 Å². The molecule has 0 aromatic rings. The molecule has 1 aliphatic rings. The van der Waals surface area contributed by atoms with Gasteiger partial charge in [-0.3, -0.25) is 4.79 Å². The van der Waals surface area contributed by atoms with Gasteiger partial charge in [-0.2, -0.15) is 0 Å². The summed E-state index contributed by atoms with van der Waals surface area (Å²) in [5, 5.41) is 53.4. The average molecular weight is 702 g/mol. The topological polar surface area (TPSA) is 149 Å². The molecule has 7 atom stereocenters. The van der Waals surface area contributed by atoms with Crippen LogP contribution in [0.15, 0.2) is 85.1 Å². The van der Waals surface area contributed by atoms with Gasteiger partial charge in [-0.1, -0.05) is 125 Å². The van der Waals surface area contributed by atoms with E-state index in [1.807, 2.05) is 6.08 Å². The molecule has 284 valence electrons. The summed E-state index contributed by atoms with van der Waals surface area (Å²) in [5.74, 6) is -0.217. The molecule has 6 N–H and O–H groups in total. The van der Waals surface area contributed by atoms with Crippen LogP contribution in [0.3, 0.4) is 0 Å². The van der Waals surface area contributed by atoms with Gasteiger partial charge in [0.15, 0.2) is 6.29 Å². The third-order valence-corrected chi connectivity index (χ3v) is 8.23. The molecule has 9 nitrogen and oxygen atoms in total. The maximum Gasteiger partial charge on any atom is 0.220 e. The van der Waals surface area contributed by atoms with Gasteiger partial charge in [-0.05, 0) is 64.2 Å². The Labute approximate surface area is 301 Å². The molecule has 0 aromatic carbocycles. The lowest BCUT2D eigenvalue weighted by Gasteiger charge is -2.40. The highest BCUT2D eigenvalue weighted by atomic mass is 16.7. The molecule has 1 aliphatic heterocycles. The van der Waals surface area contributed by atoms with Gasteiger partial charge in [0.05, 0.1) is 25.4 Å². The third-order valence-electron chi connectivity index (χ3n) is 8.23. The number of unbranched alkanes of at least 4 members (excludes halogenated alkanes) is 6. The van der Waals surface area contributed by atoms with Gasteiger partial charge in [0.2, 0.25) is 5.91 Å². The number of amides is 1. The highest BCUT2D eigenvalue weighted by Crippen LogP contribution is 2.22. The normalized spacial score (nSPS) is 23.2. The van der Waals surface area contributed by atoms with E-state index in [0.717, 1.165) is 89.9 Å². The molecule has 0 bridgehead atoms. The zero-order valence-electron chi connectivity index (χ0n) is 30.6. The molecular formula is C41H67NO8. The average Bonchev–Trinajstić information content (AvgIpc) is 3.11. The van der Waals surface area contributed by atoms with Crippen LogP contribution in [0.2, 0.25) is 0 Å². The van der Waals surface area contributed by atoms with Crippen LogP contribution in [0, 0.1) is 0 Å². The molecule has 9 heteroatoms. The van der Waals surface area contributed by atoms with Crippen LogP contribution in [0.1, 0.15) is 110 Å². The van der Waals surface area contributed by atoms with Gasteiger partial charge in [-0.25, -0.2) is 0 Å². The first-order valence-electron chi connectivity index (χ1n) is 18.8. The maximum atomic E-state index is 12.7. The number of aliphatic hydroxyl groups excluding tert-OH is 5. The number of aliphatic hydroxyl groups is 5. The van der Waals surface area contributed by atoms with Crippen molar-refractivity contribution in [3.05, 3.63) is 85.1 Å². The minimum absolute atomic E-state index is 0.209. The number of rotatable bonds is 28. The van der Waals surface area contributed by atoms with E-state index in [1.165, 1.54) is 0 Å². The van der Waals surface area contributed by atoms with Crippen LogP contribution in [-0.4, -0.2) is 87.5 Å². The summed E-state index contributed by atoms with van der Waals surface area (Å²) in [6, 6.07) is -0.819. The van der Waals surface area contributed by atoms with E-state index in [9.17, 15) is 30.3 Å². The number of allylic oxidation sites excluding steroid dienone is 13. The summed E-state index contributed by atoms with van der Waals surface area (Å²) >= 11 is 0. The fourth-order valence-electron chi connectivity index (χ4n) is 5.14. The second kappa shape index (κ2) is 31.1. The van der Waals surface area contributed by atoms with Crippen molar-refractivity contribution in [3.63, 3.8) is 0 Å². The smallest absolute Gasteiger partial charge is 0.220 e. The van der Waals surface area contributed by atoms with Crippen LogP contribution in [-0.2, 0) is 14.3 Å². The summed E-state index contributed by atoms with van der Waals surface area (Å²) in [6.45, 7) is 3.44. The molecule has 1 fully saturated rings. The maximum absolute atomic E-state index is 12.7. The highest BCUT2D eigenvalue weighted by Gasteiger charge is 2.44. The minimum Gasteiger partial charge on any atom is -0.394 e. The second-order valence-corrected chi connectivity index (χ2v) is 12.6. The number of nitrogens with one attached hydrogen (secondary N) is 1. The Bertz CT molecular complexity index is 1050. The Morgan fingerprint density at radius 1 is 0.700 bits per heavy atom. The summed E-state index contributed by atoms with van der Waals surface area (Å²) in [5.41, 5.74) is 0. The summed E-state index contributed by atoms with van der Waals surface area (Å²) in [6.07, 6.45) is 35.5. The fraction of sp³-hybridized carbons (Fsp3) is 0.634. The molecule has 1 heterocycles. The predicted molar refractivity (Wildman–Crippen MR) is 202 cm³/mol. The minimum atomic E-state index is -1.57. The third kappa shape index (κ3) is 22.2. The number of hydrogen-bond donors (Lipinski definition) is 6. The summed E-state index contributed by atoms with van der Waals surface area (Å²) < 4.78 is 11.0. The van der Waals surface area contributed by atoms with E-state index in [1.54, 1.807) is 6.08 Å². The lowest BCUT2D eigenvalue weighted by Crippen LogP contribution is -2.60. The Kier molecular flexibility index (Phi) is 28.3. The van der Waals surface area contributed by atoms with Crippen LogP contribution >= 0.6 is 0 Å². The van der Waals surface area contributed by atoms with Crippen molar-refractivity contribution in [1.82, 2.24) is 5.32 Å². The van der Waals surface area contributed by atoms with Gasteiger partial charge < -0.3 is 40.3 Å². The van der Waals surface area contributed by atoms with E-state index in [2.05, 4.69) is 92.1 Å². The quantitative estimate of drug-likeness (QED) is 0.0404. The zero-order chi connectivity index (χ0) is 36.7. The molecule has 50 heavy (non-hydrogen) atoms. The van der Waals surface area contributed by atoms with Gasteiger partial charge >= 0.3 is 0 Å². The molecule has 0 radical (unpaired) electrons. The molecule has 1 rings (SSSR count). The van der Waals surface area contributed by atoms with Crippen molar-refractivity contribution < 1.29 is 39.8 Å². The fourth-order valence-corrected chi connectivity index (χ4v) is 5.14. The van der Waals surface area contributed by atoms with E-state index in [-0.39, 0.29) is 12.5 Å². The molecule has 1 amide bonds. The lowest BCUT2D eigenvalue weighted by atomic mass is 9.99. The number of carbonyl (C=O) groups is 1. The first-order valence-corrected chi connectivity index (χ1v) is 18.8. The van der Waals surface area contributed by atoms with Crippen LogP contribution in [0.4, 0.5) is 0 Å². The molecular weight excluding hydrogens is 634 g/mol. The second-order valence-electron chi connectivity index (χ2n) is 12.6. The van der Waals surface area contributed by atoms with Crippen molar-refractivity contribution in [2.24, 2.45) is 0 Å². The summed E-state index contributed by atoms with van der Waals surface area (Å²) in [7, 11) is 0. The van der Waals surface area contributed by atoms with E-state index in [0.29, 0.717) is 6.42 Å². The van der Waals surface area contributed by atoms with Gasteiger partial charge in [0.25, 0.3) is 0 Å². The molecule has 0 saturated carbocycles. The van der Waals surface area contributed by atoms with Crippen molar-refractivity contribution in [1.29, 1.82) is 0 Å². The van der Waals surface area contributed by atoms with Crippen molar-refractivity contribution in [3.8, 4) is 0 Å². The van der Waals surface area contributed by atoms with Crippen LogP contribution in [0.25, 0.3) is 0 Å². The summed E-state index contributed by atoms with van der Waals surface area (Å²) in [4.78, 5) is 12.7. The molecule has 1 saturated heterocycles. The Hall–Kier alpha value is -2.63. The van der Waals surface area contributed by atoms with Crippen LogP contribution < -0.4 is 5.32 Å². The Balaban J connectivity index is 2.28. The number of ether oxygens (including phenoxy) is 2. The number of carbonyl (C=O) groups excluding carboxylic acids is 1. The van der Waals surface area contributed by atoms with E-state index >= 15 is 0 Å². The zero-order valence-corrected chi connectivity index (χ0v) is 30.6. The van der Waals surface area contributed by atoms with Gasteiger partial charge in [-0.15, -0.1) is 0 Å². The largest absolute Gasteiger partial charge is 0.394 e. The van der Waals surface area contributed by atoms with E-state index in [4.69, 9.17) is 9.47 Å². The molecule has 0 aromatic heterocycles. The van der Waals surface area contributed by atoms with Gasteiger partial charge in [0, 0.05) is 6.42 Å². The van der Waals surface area contributed by atoms with E-state index < -0.39 is 49.5 Å². The molecule has 0 spiro atoms. The molecule has 7 unspecified atom stereocenters. The Morgan fingerprint density at radius 3 is 1.80 bits per heavy atom. The lowest BCUT2D eigenvalue weighted by molar-refractivity contribution is -0.302. The first-order chi connectivity index (χ1) is 24.3. The predicted octanol–water partition coefficient (Wildman–Crippen LogP) is 6.43. The van der Waals surface area contributed by atoms with Crippen LogP contribution in [0.5, 0.6) is 0 Å². The number of hydrogen-bond acceptors (Lipinski definition) is 8. The highest BCUT2D eigenvalue weighted by molar-refractivity contribution is 5.76. The first kappa shape index (κ1) is 45.4. The van der Waals surface area contributed by atoms with Crippen molar-refractivity contribution in [2.75, 3.05) is 13.2 Å². The Morgan fingerprint density at radius 2 is 1.24 bits per heavy atom. The monoisotopic (exact) mass is 701 g/mol. The SMILES string of the molecule is CC/C=C\C/C=C\C/C=C\C/C=C\C/C=C\C/C=C\CCCCCCC(=O)NC(COC1OC(CO)C(O)C(O)C1O)C(O)/C=C/CCCC. The standard InChI is InChI=1S/C41H67NO8/c1-3-5-7-9-10-11-12-13-14-15-16-17-18-19-20-21-22-23-24-25-26-27-29-31-37(45)42-34(35(44)30-28-8-6-4-2)33-49-41-40(48)39(47)38(46)36(32-43)50-41/h5,7,10-11,13-14,16-17,19-20,22-23,28,30,34-36,38-41,43-44,46-48H,3-4,6,8-9,12,15,18,21,24-27,29,31-33H2,1-2H3,(H,42,45)/b7-5-,11-10-,14-13-,17-16-,20-19-,23-22-,30-28+.